The van der Waals surface area contributed by atoms with Crippen molar-refractivity contribution in [1.82, 2.24) is 9.78 Å². The largest absolute Gasteiger partial charge is 0.415 e. The second kappa shape index (κ2) is 5.37. The number of hydrogen-bond donors (Lipinski definition) is 0. The Balaban J connectivity index is 2.11. The maximum Gasteiger partial charge on any atom is 0.415 e. The minimum Gasteiger partial charge on any atom is -0.356 e. The van der Waals surface area contributed by atoms with Gasteiger partial charge in [-0.05, 0) is 31.4 Å². The van der Waals surface area contributed by atoms with Gasteiger partial charge in [0.1, 0.15) is 0 Å². The standard InChI is InChI=1S/C14H16BF3N2O/c1-15-13-9-8-19-20(12-4-2-3-7-21-12)11(9)6-5-10(13)14(16,17)18/h5-6,8,12,15H,2-4,7H2,1H3. The van der Waals surface area contributed by atoms with Gasteiger partial charge in [-0.25, -0.2) is 4.68 Å². The van der Waals surface area contributed by atoms with Crippen molar-refractivity contribution >= 4 is 23.6 Å². The monoisotopic (exact) mass is 296 g/mol. The van der Waals surface area contributed by atoms with Crippen molar-refractivity contribution < 1.29 is 17.9 Å². The van der Waals surface area contributed by atoms with E-state index in [1.54, 1.807) is 11.5 Å². The van der Waals surface area contributed by atoms with Crippen LogP contribution in [0.15, 0.2) is 18.3 Å². The molecule has 0 aliphatic carbocycles. The Morgan fingerprint density at radius 3 is 2.76 bits per heavy atom. The fourth-order valence-corrected chi connectivity index (χ4v) is 2.97. The van der Waals surface area contributed by atoms with Gasteiger partial charge in [0.25, 0.3) is 0 Å². The number of rotatable bonds is 2. The lowest BCUT2D eigenvalue weighted by atomic mass is 9.69. The average molecular weight is 296 g/mol. The normalized spacial score (nSPS) is 19.9. The third kappa shape index (κ3) is 2.55. The average Bonchev–Trinajstić information content (AvgIpc) is 2.90. The molecule has 21 heavy (non-hydrogen) atoms. The Hall–Kier alpha value is -1.50. The molecule has 112 valence electrons. The highest BCUT2D eigenvalue weighted by Gasteiger charge is 2.34. The fraction of sp³-hybridized carbons (Fsp3) is 0.500. The molecule has 0 spiro atoms. The molecule has 3 rings (SSSR count). The van der Waals surface area contributed by atoms with E-state index in [0.717, 1.165) is 25.3 Å². The van der Waals surface area contributed by atoms with Gasteiger partial charge in [0.05, 0.1) is 17.3 Å². The van der Waals surface area contributed by atoms with Crippen molar-refractivity contribution in [3.8, 4) is 0 Å². The first-order chi connectivity index (χ1) is 10.0. The first-order valence-electron chi connectivity index (χ1n) is 7.20. The highest BCUT2D eigenvalue weighted by molar-refractivity contribution is 6.56. The molecule has 7 heteroatoms. The lowest BCUT2D eigenvalue weighted by molar-refractivity contribution is -0.136. The molecular weight excluding hydrogens is 280 g/mol. The van der Waals surface area contributed by atoms with Crippen LogP contribution < -0.4 is 5.46 Å². The van der Waals surface area contributed by atoms with Gasteiger partial charge in [0, 0.05) is 12.0 Å². The first-order valence-corrected chi connectivity index (χ1v) is 7.20. The van der Waals surface area contributed by atoms with E-state index in [2.05, 4.69) is 5.10 Å². The van der Waals surface area contributed by atoms with Gasteiger partial charge in [-0.1, -0.05) is 12.3 Å². The van der Waals surface area contributed by atoms with Crippen LogP contribution in [0.2, 0.25) is 6.82 Å². The number of hydrogen-bond acceptors (Lipinski definition) is 2. The Labute approximate surface area is 121 Å². The van der Waals surface area contributed by atoms with Crippen LogP contribution in [0.3, 0.4) is 0 Å². The van der Waals surface area contributed by atoms with Crippen LogP contribution in [0.5, 0.6) is 0 Å². The summed E-state index contributed by atoms with van der Waals surface area (Å²) in [6.45, 7) is 2.41. The lowest BCUT2D eigenvalue weighted by Crippen LogP contribution is -2.25. The van der Waals surface area contributed by atoms with Crippen LogP contribution in [0.1, 0.15) is 31.1 Å². The summed E-state index contributed by atoms with van der Waals surface area (Å²) in [4.78, 5) is 0. The molecule has 0 amide bonds. The predicted molar refractivity (Wildman–Crippen MR) is 76.2 cm³/mol. The minimum absolute atomic E-state index is 0.169. The number of aromatic nitrogens is 2. The zero-order valence-electron chi connectivity index (χ0n) is 11.8. The molecular formula is C14H16BF3N2O. The quantitative estimate of drug-likeness (QED) is 0.797. The van der Waals surface area contributed by atoms with E-state index in [0.29, 0.717) is 30.3 Å². The van der Waals surface area contributed by atoms with Crippen molar-refractivity contribution in [2.75, 3.05) is 6.61 Å². The van der Waals surface area contributed by atoms with E-state index >= 15 is 0 Å². The number of ether oxygens (including phenoxy) is 1. The van der Waals surface area contributed by atoms with Crippen molar-refractivity contribution in [3.05, 3.63) is 23.9 Å². The van der Waals surface area contributed by atoms with Gasteiger partial charge in [0.15, 0.2) is 13.5 Å². The van der Waals surface area contributed by atoms with Gasteiger partial charge in [-0.2, -0.15) is 18.3 Å². The Bertz CT molecular complexity index is 647. The number of alkyl halides is 3. The van der Waals surface area contributed by atoms with Gasteiger partial charge in [-0.3, -0.25) is 0 Å². The zero-order valence-corrected chi connectivity index (χ0v) is 11.8. The molecule has 1 saturated heterocycles. The molecule has 1 fully saturated rings. The van der Waals surface area contributed by atoms with E-state index in [9.17, 15) is 13.2 Å². The number of halogens is 3. The van der Waals surface area contributed by atoms with Crippen LogP contribution in [-0.2, 0) is 10.9 Å². The van der Waals surface area contributed by atoms with Crippen LogP contribution in [0, 0.1) is 0 Å². The van der Waals surface area contributed by atoms with E-state index < -0.39 is 11.7 Å². The van der Waals surface area contributed by atoms with Gasteiger partial charge >= 0.3 is 6.18 Å². The Morgan fingerprint density at radius 2 is 2.14 bits per heavy atom. The van der Waals surface area contributed by atoms with Crippen LogP contribution in [-0.4, -0.2) is 23.7 Å². The van der Waals surface area contributed by atoms with E-state index in [1.165, 1.54) is 12.3 Å². The second-order valence-electron chi connectivity index (χ2n) is 5.29. The molecule has 1 aromatic heterocycles. The fourth-order valence-electron chi connectivity index (χ4n) is 2.97. The summed E-state index contributed by atoms with van der Waals surface area (Å²) in [6.07, 6.45) is -0.0527. The van der Waals surface area contributed by atoms with Crippen molar-refractivity contribution in [3.63, 3.8) is 0 Å². The maximum atomic E-state index is 13.1. The van der Waals surface area contributed by atoms with E-state index in [4.69, 9.17) is 4.74 Å². The summed E-state index contributed by atoms with van der Waals surface area (Å²) in [7, 11) is 0.323. The van der Waals surface area contributed by atoms with E-state index in [1.807, 2.05) is 0 Å². The smallest absolute Gasteiger partial charge is 0.356 e. The molecule has 3 nitrogen and oxygen atoms in total. The maximum absolute atomic E-state index is 13.1. The second-order valence-corrected chi connectivity index (χ2v) is 5.29. The topological polar surface area (TPSA) is 27.1 Å². The third-order valence-electron chi connectivity index (χ3n) is 3.98. The molecule has 1 unspecified atom stereocenters. The minimum atomic E-state index is -4.33. The Morgan fingerprint density at radius 1 is 1.33 bits per heavy atom. The van der Waals surface area contributed by atoms with Crippen LogP contribution >= 0.6 is 0 Å². The summed E-state index contributed by atoms with van der Waals surface area (Å²) >= 11 is 0. The Kier molecular flexibility index (Phi) is 3.69. The molecule has 0 N–H and O–H groups in total. The third-order valence-corrected chi connectivity index (χ3v) is 3.98. The van der Waals surface area contributed by atoms with Gasteiger partial charge in [-0.15, -0.1) is 0 Å². The number of fused-ring (bicyclic) bond motifs is 1. The number of nitrogens with zero attached hydrogens (tertiary/aromatic N) is 2. The number of benzene rings is 1. The summed E-state index contributed by atoms with van der Waals surface area (Å²) in [5.41, 5.74) is 0.454. The van der Waals surface area contributed by atoms with Crippen molar-refractivity contribution in [1.29, 1.82) is 0 Å². The highest BCUT2D eigenvalue weighted by atomic mass is 19.4. The summed E-state index contributed by atoms with van der Waals surface area (Å²) in [5.74, 6) is 0. The first kappa shape index (κ1) is 14.4. The summed E-state index contributed by atoms with van der Waals surface area (Å²) < 4.78 is 46.6. The zero-order chi connectivity index (χ0) is 15.0. The summed E-state index contributed by atoms with van der Waals surface area (Å²) in [5, 5.41) is 4.85. The van der Waals surface area contributed by atoms with E-state index in [-0.39, 0.29) is 6.23 Å². The van der Waals surface area contributed by atoms with Gasteiger partial charge in [0.2, 0.25) is 0 Å². The van der Waals surface area contributed by atoms with Gasteiger partial charge < -0.3 is 4.74 Å². The summed E-state index contributed by atoms with van der Waals surface area (Å²) in [6, 6.07) is 2.66. The van der Waals surface area contributed by atoms with Crippen molar-refractivity contribution in [2.45, 2.75) is 38.5 Å². The predicted octanol–water partition coefficient (Wildman–Crippen LogP) is 2.86. The molecule has 2 aromatic rings. The molecule has 0 bridgehead atoms. The SMILES string of the molecule is CBc1c(C(F)(F)F)ccc2c1cnn2C1CCCCO1. The lowest BCUT2D eigenvalue weighted by Gasteiger charge is -2.23. The molecule has 0 radical (unpaired) electrons. The highest BCUT2D eigenvalue weighted by Crippen LogP contribution is 2.31. The molecule has 0 saturated carbocycles. The molecule has 1 aliphatic heterocycles. The van der Waals surface area contributed by atoms with Crippen LogP contribution in [0.4, 0.5) is 13.2 Å². The molecule has 2 heterocycles. The molecule has 1 atom stereocenters. The van der Waals surface area contributed by atoms with Crippen LogP contribution in [0.25, 0.3) is 10.9 Å². The molecule has 1 aliphatic rings. The molecule has 1 aromatic carbocycles. The van der Waals surface area contributed by atoms with Crippen molar-refractivity contribution in [2.24, 2.45) is 0 Å².